The van der Waals surface area contributed by atoms with Gasteiger partial charge in [-0.15, -0.1) is 0 Å². The van der Waals surface area contributed by atoms with E-state index in [9.17, 15) is 9.90 Å². The fraction of sp³-hybridized carbons (Fsp3) is 0.360. The molecule has 2 aromatic carbocycles. The number of carboxylic acids is 1. The van der Waals surface area contributed by atoms with Crippen LogP contribution in [0.25, 0.3) is 0 Å². The van der Waals surface area contributed by atoms with Gasteiger partial charge in [0.05, 0.1) is 43.2 Å². The molecule has 0 spiro atoms. The molecule has 8 heteroatoms. The monoisotopic (exact) mass is 470 g/mol. The van der Waals surface area contributed by atoms with Crippen LogP contribution in [0.3, 0.4) is 0 Å². The fourth-order valence-electron chi connectivity index (χ4n) is 4.13. The van der Waals surface area contributed by atoms with Gasteiger partial charge < -0.3 is 19.7 Å². The molecular formula is C25H27ClN2O5. The second-order valence-electron chi connectivity index (χ2n) is 8.23. The van der Waals surface area contributed by atoms with Gasteiger partial charge in [0.15, 0.2) is 0 Å². The molecule has 0 saturated carbocycles. The summed E-state index contributed by atoms with van der Waals surface area (Å²) in [5.74, 6) is -0.186. The lowest BCUT2D eigenvalue weighted by Gasteiger charge is -2.33. The lowest BCUT2D eigenvalue weighted by molar-refractivity contribution is -0.104. The number of carbonyl (C=O) groups is 1. The first-order chi connectivity index (χ1) is 15.9. The first kappa shape index (κ1) is 23.3. The van der Waals surface area contributed by atoms with Crippen molar-refractivity contribution < 1.29 is 24.5 Å². The van der Waals surface area contributed by atoms with Crippen LogP contribution >= 0.6 is 11.6 Å². The molecule has 174 valence electrons. The Kier molecular flexibility index (Phi) is 7.33. The third-order valence-electron chi connectivity index (χ3n) is 5.72. The number of ether oxygens (including phenoxy) is 2. The summed E-state index contributed by atoms with van der Waals surface area (Å²) in [4.78, 5) is 11.1. The van der Waals surface area contributed by atoms with Crippen molar-refractivity contribution >= 4 is 17.6 Å². The number of halogens is 1. The first-order valence-corrected chi connectivity index (χ1v) is 11.4. The summed E-state index contributed by atoms with van der Waals surface area (Å²) in [6.45, 7) is 2.95. The van der Waals surface area contributed by atoms with Gasteiger partial charge in [-0.05, 0) is 48.2 Å². The number of aromatic carboxylic acids is 1. The molecule has 2 heterocycles. The van der Waals surface area contributed by atoms with Crippen molar-refractivity contribution in [2.45, 2.75) is 51.0 Å². The van der Waals surface area contributed by atoms with E-state index in [2.05, 4.69) is 5.10 Å². The number of hydrogen-bond acceptors (Lipinski definition) is 5. The van der Waals surface area contributed by atoms with E-state index in [4.69, 9.17) is 26.2 Å². The molecule has 2 N–H and O–H groups in total. The van der Waals surface area contributed by atoms with Crippen molar-refractivity contribution in [3.8, 4) is 5.75 Å². The average molecular weight is 471 g/mol. The summed E-state index contributed by atoms with van der Waals surface area (Å²) in [6, 6.07) is 13.8. The lowest BCUT2D eigenvalue weighted by Crippen LogP contribution is -2.34. The number of aromatic nitrogens is 2. The Bertz CT molecular complexity index is 1100. The zero-order valence-electron chi connectivity index (χ0n) is 18.4. The highest BCUT2D eigenvalue weighted by atomic mass is 35.5. The summed E-state index contributed by atoms with van der Waals surface area (Å²) in [5.41, 5.74) is 3.18. The van der Waals surface area contributed by atoms with Gasteiger partial charge in [0.2, 0.25) is 0 Å². The smallest absolute Gasteiger partial charge is 0.338 e. The van der Waals surface area contributed by atoms with E-state index in [0.717, 1.165) is 22.4 Å². The van der Waals surface area contributed by atoms with Crippen LogP contribution in [0.1, 0.15) is 52.9 Å². The standard InChI is InChI=1S/C25H27ClN2O5/c1-2-32-21-6-3-16(4-7-21)9-18-10-17(5-8-23(18)26)24-12-20(29)11-22(33-24)15-28-14-19(13-27-28)25(30)31/h3-8,10,13-14,20,22,24,29H,2,9,11-12,15H2,1H3,(H,30,31). The number of aliphatic hydroxyl groups excluding tert-OH is 1. The van der Waals surface area contributed by atoms with Gasteiger partial charge >= 0.3 is 5.97 Å². The third-order valence-corrected chi connectivity index (χ3v) is 6.09. The Hall–Kier alpha value is -2.87. The van der Waals surface area contributed by atoms with Gasteiger partial charge in [-0.2, -0.15) is 5.10 Å². The van der Waals surface area contributed by atoms with Crippen LogP contribution in [-0.2, 0) is 17.7 Å². The predicted molar refractivity (Wildman–Crippen MR) is 124 cm³/mol. The molecule has 1 saturated heterocycles. The van der Waals surface area contributed by atoms with Crippen LogP contribution in [0.5, 0.6) is 5.75 Å². The van der Waals surface area contributed by atoms with Gasteiger partial charge in [0.1, 0.15) is 5.75 Å². The Balaban J connectivity index is 1.47. The number of benzene rings is 2. The molecule has 1 aromatic heterocycles. The van der Waals surface area contributed by atoms with Crippen molar-refractivity contribution in [1.29, 1.82) is 0 Å². The second kappa shape index (κ2) is 10.4. The molecule has 1 fully saturated rings. The Morgan fingerprint density at radius 2 is 2.03 bits per heavy atom. The van der Waals surface area contributed by atoms with Crippen LogP contribution in [0.15, 0.2) is 54.9 Å². The van der Waals surface area contributed by atoms with Crippen molar-refractivity contribution in [3.63, 3.8) is 0 Å². The average Bonchev–Trinajstić information content (AvgIpc) is 3.25. The molecule has 33 heavy (non-hydrogen) atoms. The molecule has 3 unspecified atom stereocenters. The van der Waals surface area contributed by atoms with Crippen LogP contribution in [0, 0.1) is 0 Å². The summed E-state index contributed by atoms with van der Waals surface area (Å²) in [5, 5.41) is 24.3. The van der Waals surface area contributed by atoms with E-state index in [0.29, 0.717) is 37.4 Å². The molecule has 0 bridgehead atoms. The molecule has 1 aliphatic heterocycles. The fourth-order valence-corrected chi connectivity index (χ4v) is 4.31. The number of hydrogen-bond donors (Lipinski definition) is 2. The summed E-state index contributed by atoms with van der Waals surface area (Å²) >= 11 is 6.48. The summed E-state index contributed by atoms with van der Waals surface area (Å²) < 4.78 is 13.3. The van der Waals surface area contributed by atoms with Gasteiger partial charge in [0, 0.05) is 24.1 Å². The minimum absolute atomic E-state index is 0.125. The molecule has 0 radical (unpaired) electrons. The Labute approximate surface area is 197 Å². The quantitative estimate of drug-likeness (QED) is 0.503. The molecule has 7 nitrogen and oxygen atoms in total. The minimum atomic E-state index is -1.02. The highest BCUT2D eigenvalue weighted by molar-refractivity contribution is 6.31. The van der Waals surface area contributed by atoms with Gasteiger partial charge in [-0.1, -0.05) is 35.9 Å². The van der Waals surface area contributed by atoms with Crippen LogP contribution < -0.4 is 4.74 Å². The van der Waals surface area contributed by atoms with Gasteiger partial charge in [0.25, 0.3) is 0 Å². The van der Waals surface area contributed by atoms with E-state index in [-0.39, 0.29) is 17.8 Å². The molecular weight excluding hydrogens is 444 g/mol. The van der Waals surface area contributed by atoms with E-state index in [1.807, 2.05) is 49.4 Å². The van der Waals surface area contributed by atoms with E-state index >= 15 is 0 Å². The zero-order chi connectivity index (χ0) is 23.4. The maximum absolute atomic E-state index is 11.1. The highest BCUT2D eigenvalue weighted by Gasteiger charge is 2.30. The second-order valence-corrected chi connectivity index (χ2v) is 8.64. The van der Waals surface area contributed by atoms with E-state index < -0.39 is 12.1 Å². The van der Waals surface area contributed by atoms with Crippen LogP contribution in [0.4, 0.5) is 0 Å². The number of aliphatic hydroxyl groups is 1. The maximum Gasteiger partial charge on any atom is 0.338 e. The van der Waals surface area contributed by atoms with E-state index in [1.54, 1.807) is 4.68 Å². The molecule has 1 aliphatic rings. The maximum atomic E-state index is 11.1. The first-order valence-electron chi connectivity index (χ1n) is 11.0. The number of nitrogens with zero attached hydrogens (tertiary/aromatic N) is 2. The number of rotatable bonds is 8. The summed E-state index contributed by atoms with van der Waals surface area (Å²) in [7, 11) is 0. The highest BCUT2D eigenvalue weighted by Crippen LogP contribution is 2.34. The minimum Gasteiger partial charge on any atom is -0.494 e. The number of carboxylic acid groups (broad SMARTS) is 1. The Morgan fingerprint density at radius 1 is 1.24 bits per heavy atom. The molecule has 3 atom stereocenters. The molecule has 4 rings (SSSR count). The van der Waals surface area contributed by atoms with Gasteiger partial charge in [-0.3, -0.25) is 4.68 Å². The van der Waals surface area contributed by atoms with Crippen LogP contribution in [-0.4, -0.2) is 44.8 Å². The lowest BCUT2D eigenvalue weighted by atomic mass is 9.94. The topological polar surface area (TPSA) is 93.8 Å². The van der Waals surface area contributed by atoms with E-state index in [1.165, 1.54) is 12.4 Å². The van der Waals surface area contributed by atoms with Crippen molar-refractivity contribution in [2.75, 3.05) is 6.61 Å². The molecule has 0 amide bonds. The Morgan fingerprint density at radius 3 is 2.73 bits per heavy atom. The van der Waals surface area contributed by atoms with Crippen molar-refractivity contribution in [2.24, 2.45) is 0 Å². The van der Waals surface area contributed by atoms with Crippen LogP contribution in [0.2, 0.25) is 5.02 Å². The molecule has 3 aromatic rings. The van der Waals surface area contributed by atoms with Crippen molar-refractivity contribution in [3.05, 3.63) is 82.1 Å². The molecule has 0 aliphatic carbocycles. The summed E-state index contributed by atoms with van der Waals surface area (Å²) in [6.07, 6.45) is 3.31. The van der Waals surface area contributed by atoms with Crippen molar-refractivity contribution in [1.82, 2.24) is 9.78 Å². The SMILES string of the molecule is CCOc1ccc(Cc2cc(C3CC(O)CC(Cn4cc(C(=O)O)cn4)O3)ccc2Cl)cc1. The largest absolute Gasteiger partial charge is 0.494 e. The zero-order valence-corrected chi connectivity index (χ0v) is 19.1. The normalized spacial score (nSPS) is 20.5. The van der Waals surface area contributed by atoms with Gasteiger partial charge in [-0.25, -0.2) is 4.79 Å². The predicted octanol–water partition coefficient (Wildman–Crippen LogP) is 4.51. The third kappa shape index (κ3) is 5.93.